The zero-order chi connectivity index (χ0) is 19.7. The first kappa shape index (κ1) is 21.8. The van der Waals surface area contributed by atoms with Gasteiger partial charge in [0.25, 0.3) is 0 Å². The molecule has 1 rings (SSSR count). The Bertz CT molecular complexity index is 641. The average molecular weight is 383 g/mol. The summed E-state index contributed by atoms with van der Waals surface area (Å²) in [6.45, 7) is 9.11. The summed E-state index contributed by atoms with van der Waals surface area (Å²) in [6, 6.07) is 1.66. The summed E-state index contributed by atoms with van der Waals surface area (Å²) in [5.74, 6) is -3.09. The van der Waals surface area contributed by atoms with Crippen molar-refractivity contribution in [3.05, 3.63) is 21.9 Å². The lowest BCUT2D eigenvalue weighted by Crippen LogP contribution is -2.29. The number of rotatable bonds is 8. The van der Waals surface area contributed by atoms with Crippen LogP contribution in [0.3, 0.4) is 0 Å². The number of ether oxygens (including phenoxy) is 3. The summed E-state index contributed by atoms with van der Waals surface area (Å²) in [7, 11) is 0. The molecule has 8 heteroatoms. The molecule has 7 nitrogen and oxygen atoms in total. The minimum atomic E-state index is -1.22. The molecule has 26 heavy (non-hydrogen) atoms. The second-order valence-electron chi connectivity index (χ2n) is 6.23. The van der Waals surface area contributed by atoms with E-state index in [4.69, 9.17) is 14.2 Å². The molecule has 0 aromatic carbocycles. The summed E-state index contributed by atoms with van der Waals surface area (Å²) in [6.07, 6.45) is 1.20. The third-order valence-electron chi connectivity index (χ3n) is 2.93. The highest BCUT2D eigenvalue weighted by Crippen LogP contribution is 2.21. The van der Waals surface area contributed by atoms with E-state index < -0.39 is 29.4 Å². The van der Waals surface area contributed by atoms with Crippen molar-refractivity contribution in [1.29, 1.82) is 0 Å². The number of aliphatic imine (C=N–C) groups is 1. The Labute approximate surface area is 157 Å². The molecule has 0 radical (unpaired) electrons. The van der Waals surface area contributed by atoms with Crippen LogP contribution >= 0.6 is 11.3 Å². The molecular formula is C18H25NO6S. The van der Waals surface area contributed by atoms with Gasteiger partial charge in [0.05, 0.1) is 25.3 Å². The summed E-state index contributed by atoms with van der Waals surface area (Å²) >= 11 is 1.35. The van der Waals surface area contributed by atoms with Gasteiger partial charge in [-0.2, -0.15) is 0 Å². The maximum absolute atomic E-state index is 12.2. The Morgan fingerprint density at radius 1 is 1.15 bits per heavy atom. The number of esters is 3. The molecule has 0 aliphatic rings. The molecule has 0 saturated carbocycles. The highest BCUT2D eigenvalue weighted by atomic mass is 32.1. The Balaban J connectivity index is 2.85. The van der Waals surface area contributed by atoms with E-state index in [0.717, 1.165) is 0 Å². The van der Waals surface area contributed by atoms with Gasteiger partial charge in [-0.15, -0.1) is 11.3 Å². The van der Waals surface area contributed by atoms with Gasteiger partial charge in [0.1, 0.15) is 5.60 Å². The fourth-order valence-electron chi connectivity index (χ4n) is 1.90. The van der Waals surface area contributed by atoms with E-state index in [-0.39, 0.29) is 19.8 Å². The molecular weight excluding hydrogens is 358 g/mol. The van der Waals surface area contributed by atoms with Gasteiger partial charge in [-0.3, -0.25) is 14.6 Å². The van der Waals surface area contributed by atoms with Crippen LogP contribution in [-0.4, -0.2) is 42.9 Å². The zero-order valence-corrected chi connectivity index (χ0v) is 16.6. The van der Waals surface area contributed by atoms with E-state index >= 15 is 0 Å². The summed E-state index contributed by atoms with van der Waals surface area (Å²) in [5.41, 5.74) is -0.177. The van der Waals surface area contributed by atoms with E-state index in [2.05, 4.69) is 4.99 Å². The van der Waals surface area contributed by atoms with Crippen molar-refractivity contribution in [3.63, 3.8) is 0 Å². The number of nitrogens with zero attached hydrogens (tertiary/aromatic N) is 1. The van der Waals surface area contributed by atoms with E-state index in [1.165, 1.54) is 17.6 Å². The SMILES string of the molecule is CCOC(=O)C(C=NCc1sccc1C(=O)OC(C)(C)C)C(=O)OCC. The third kappa shape index (κ3) is 6.95. The van der Waals surface area contributed by atoms with Crippen LogP contribution in [0.25, 0.3) is 0 Å². The van der Waals surface area contributed by atoms with Gasteiger partial charge in [0.15, 0.2) is 5.92 Å². The molecule has 0 N–H and O–H groups in total. The van der Waals surface area contributed by atoms with Crippen LogP contribution in [-0.2, 0) is 30.3 Å². The van der Waals surface area contributed by atoms with Crippen molar-refractivity contribution < 1.29 is 28.6 Å². The van der Waals surface area contributed by atoms with Crippen molar-refractivity contribution in [2.75, 3.05) is 13.2 Å². The first-order chi connectivity index (χ1) is 12.2. The van der Waals surface area contributed by atoms with E-state index in [9.17, 15) is 14.4 Å². The predicted octanol–water partition coefficient (Wildman–Crippen LogP) is 3.02. The molecule has 1 aromatic rings. The van der Waals surface area contributed by atoms with Crippen LogP contribution in [0.1, 0.15) is 49.9 Å². The van der Waals surface area contributed by atoms with Crippen molar-refractivity contribution in [1.82, 2.24) is 0 Å². The normalized spacial score (nSPS) is 11.6. The number of thiophene rings is 1. The maximum atomic E-state index is 12.2. The predicted molar refractivity (Wildman–Crippen MR) is 98.4 cm³/mol. The summed E-state index contributed by atoms with van der Waals surface area (Å²) in [5, 5.41) is 1.76. The summed E-state index contributed by atoms with van der Waals surface area (Å²) < 4.78 is 15.1. The van der Waals surface area contributed by atoms with E-state index in [1.54, 1.807) is 46.1 Å². The molecule has 0 fully saturated rings. The average Bonchev–Trinajstić information content (AvgIpc) is 2.98. The zero-order valence-electron chi connectivity index (χ0n) is 15.7. The van der Waals surface area contributed by atoms with Crippen molar-refractivity contribution >= 4 is 35.5 Å². The molecule has 0 aliphatic carbocycles. The highest BCUT2D eigenvalue weighted by Gasteiger charge is 2.28. The fraction of sp³-hybridized carbons (Fsp3) is 0.556. The molecule has 0 spiro atoms. The Morgan fingerprint density at radius 2 is 1.73 bits per heavy atom. The Hall–Kier alpha value is -2.22. The molecule has 0 aliphatic heterocycles. The second-order valence-corrected chi connectivity index (χ2v) is 7.23. The quantitative estimate of drug-likeness (QED) is 0.297. The molecule has 0 unspecified atom stereocenters. The van der Waals surface area contributed by atoms with E-state index in [1.807, 2.05) is 0 Å². The maximum Gasteiger partial charge on any atom is 0.339 e. The Morgan fingerprint density at radius 3 is 2.23 bits per heavy atom. The molecule has 1 aromatic heterocycles. The number of carbonyl (C=O) groups is 3. The number of carbonyl (C=O) groups excluding carboxylic acids is 3. The molecule has 0 bridgehead atoms. The molecule has 1 heterocycles. The summed E-state index contributed by atoms with van der Waals surface area (Å²) in [4.78, 5) is 40.8. The largest absolute Gasteiger partial charge is 0.465 e. The lowest BCUT2D eigenvalue weighted by molar-refractivity contribution is -0.157. The topological polar surface area (TPSA) is 91.3 Å². The minimum absolute atomic E-state index is 0.140. The smallest absolute Gasteiger partial charge is 0.339 e. The number of hydrogen-bond donors (Lipinski definition) is 0. The van der Waals surface area contributed by atoms with Crippen molar-refractivity contribution in [3.8, 4) is 0 Å². The first-order valence-corrected chi connectivity index (χ1v) is 9.20. The van der Waals surface area contributed by atoms with Gasteiger partial charge in [0, 0.05) is 11.1 Å². The van der Waals surface area contributed by atoms with Gasteiger partial charge in [-0.1, -0.05) is 0 Å². The van der Waals surface area contributed by atoms with Gasteiger partial charge in [-0.05, 0) is 46.1 Å². The third-order valence-corrected chi connectivity index (χ3v) is 3.84. The Kier molecular flexibility index (Phi) is 8.44. The molecule has 0 saturated heterocycles. The van der Waals surface area contributed by atoms with Crippen molar-refractivity contribution in [2.24, 2.45) is 10.9 Å². The van der Waals surface area contributed by atoms with Gasteiger partial charge < -0.3 is 14.2 Å². The minimum Gasteiger partial charge on any atom is -0.465 e. The van der Waals surface area contributed by atoms with Gasteiger partial charge in [-0.25, -0.2) is 4.79 Å². The molecule has 144 valence electrons. The molecule has 0 atom stereocenters. The van der Waals surface area contributed by atoms with Crippen LogP contribution < -0.4 is 0 Å². The van der Waals surface area contributed by atoms with Gasteiger partial charge >= 0.3 is 17.9 Å². The molecule has 0 amide bonds. The van der Waals surface area contributed by atoms with Crippen molar-refractivity contribution in [2.45, 2.75) is 46.8 Å². The van der Waals surface area contributed by atoms with Gasteiger partial charge in [0.2, 0.25) is 0 Å². The number of hydrogen-bond acceptors (Lipinski definition) is 8. The highest BCUT2D eigenvalue weighted by molar-refractivity contribution is 7.10. The lowest BCUT2D eigenvalue weighted by atomic mass is 10.1. The standard InChI is InChI=1S/C18H25NO6S/c1-6-23-15(20)13(16(21)24-7-2)10-19-11-14-12(8-9-26-14)17(22)25-18(3,4)5/h8-10,13H,6-7,11H2,1-5H3. The second kappa shape index (κ2) is 10.1. The van der Waals surface area contributed by atoms with Crippen LogP contribution in [0.4, 0.5) is 0 Å². The van der Waals surface area contributed by atoms with Crippen LogP contribution in [0, 0.1) is 5.92 Å². The van der Waals surface area contributed by atoms with Crippen LogP contribution in [0.5, 0.6) is 0 Å². The van der Waals surface area contributed by atoms with Crippen LogP contribution in [0.15, 0.2) is 16.4 Å². The van der Waals surface area contributed by atoms with E-state index in [0.29, 0.717) is 10.4 Å². The fourth-order valence-corrected chi connectivity index (χ4v) is 2.70. The monoisotopic (exact) mass is 383 g/mol. The lowest BCUT2D eigenvalue weighted by Gasteiger charge is -2.19. The first-order valence-electron chi connectivity index (χ1n) is 8.32. The van der Waals surface area contributed by atoms with Crippen LogP contribution in [0.2, 0.25) is 0 Å².